The highest BCUT2D eigenvalue weighted by atomic mass is 16.3. The Morgan fingerprint density at radius 3 is 3.00 bits per heavy atom. The maximum Gasteiger partial charge on any atom is 0.0568 e. The molecule has 1 fully saturated rings. The monoisotopic (exact) mass is 191 g/mol. The lowest BCUT2D eigenvalue weighted by Gasteiger charge is -2.13. The van der Waals surface area contributed by atoms with Gasteiger partial charge in [-0.15, -0.1) is 0 Å². The Bertz CT molecular complexity index is 273. The molecule has 2 atom stereocenters. The standard InChI is InChI=1S/C12H17NO/c14-12-5-1-4-11(12)7-6-10-3-2-8-13-9-10/h2-3,8-9,11-12,14H,1,4-7H2. The minimum Gasteiger partial charge on any atom is -0.393 e. The minimum absolute atomic E-state index is 0.0494. The molecule has 0 spiro atoms. The second kappa shape index (κ2) is 4.56. The SMILES string of the molecule is OC1CCCC1CCc1cccnc1. The molecular weight excluding hydrogens is 174 g/mol. The summed E-state index contributed by atoms with van der Waals surface area (Å²) >= 11 is 0. The zero-order valence-electron chi connectivity index (χ0n) is 8.39. The Morgan fingerprint density at radius 2 is 2.36 bits per heavy atom. The zero-order chi connectivity index (χ0) is 9.80. The summed E-state index contributed by atoms with van der Waals surface area (Å²) in [6, 6.07) is 4.08. The van der Waals surface area contributed by atoms with Gasteiger partial charge in [0.05, 0.1) is 6.10 Å². The molecule has 1 saturated carbocycles. The first kappa shape index (κ1) is 9.66. The fraction of sp³-hybridized carbons (Fsp3) is 0.583. The van der Waals surface area contributed by atoms with Crippen LogP contribution in [0.15, 0.2) is 24.5 Å². The number of hydrogen-bond donors (Lipinski definition) is 1. The average molecular weight is 191 g/mol. The smallest absolute Gasteiger partial charge is 0.0568 e. The maximum absolute atomic E-state index is 9.65. The highest BCUT2D eigenvalue weighted by Crippen LogP contribution is 2.29. The number of aromatic nitrogens is 1. The van der Waals surface area contributed by atoms with E-state index in [9.17, 15) is 5.11 Å². The first-order valence-electron chi connectivity index (χ1n) is 5.43. The van der Waals surface area contributed by atoms with E-state index in [1.54, 1.807) is 6.20 Å². The number of hydrogen-bond acceptors (Lipinski definition) is 2. The molecule has 0 aromatic carbocycles. The summed E-state index contributed by atoms with van der Waals surface area (Å²) in [6.45, 7) is 0. The van der Waals surface area contributed by atoms with E-state index < -0.39 is 0 Å². The van der Waals surface area contributed by atoms with Crippen LogP contribution in [0.2, 0.25) is 0 Å². The molecule has 0 radical (unpaired) electrons. The summed E-state index contributed by atoms with van der Waals surface area (Å²) in [5.41, 5.74) is 1.28. The van der Waals surface area contributed by atoms with Crippen LogP contribution in [0.25, 0.3) is 0 Å². The summed E-state index contributed by atoms with van der Waals surface area (Å²) < 4.78 is 0. The van der Waals surface area contributed by atoms with Gasteiger partial charge in [-0.25, -0.2) is 0 Å². The predicted octanol–water partition coefficient (Wildman–Crippen LogP) is 2.18. The van der Waals surface area contributed by atoms with Crippen LogP contribution in [0.3, 0.4) is 0 Å². The first-order valence-corrected chi connectivity index (χ1v) is 5.43. The molecule has 1 aromatic rings. The van der Waals surface area contributed by atoms with Crippen molar-refractivity contribution >= 4 is 0 Å². The zero-order valence-corrected chi connectivity index (χ0v) is 8.39. The number of rotatable bonds is 3. The molecule has 0 amide bonds. The first-order chi connectivity index (χ1) is 6.86. The molecule has 14 heavy (non-hydrogen) atoms. The van der Waals surface area contributed by atoms with E-state index in [0.717, 1.165) is 19.3 Å². The second-order valence-electron chi connectivity index (χ2n) is 4.16. The van der Waals surface area contributed by atoms with E-state index in [0.29, 0.717) is 5.92 Å². The summed E-state index contributed by atoms with van der Waals surface area (Å²) in [6.07, 6.45) is 9.21. The molecule has 2 rings (SSSR count). The van der Waals surface area contributed by atoms with Gasteiger partial charge in [-0.1, -0.05) is 12.5 Å². The van der Waals surface area contributed by atoms with Crippen LogP contribution >= 0.6 is 0 Å². The quantitative estimate of drug-likeness (QED) is 0.794. The lowest BCUT2D eigenvalue weighted by Crippen LogP contribution is -2.13. The molecule has 1 aromatic heterocycles. The molecule has 0 aliphatic heterocycles. The molecule has 0 saturated heterocycles. The summed E-state index contributed by atoms with van der Waals surface area (Å²) in [5, 5.41) is 9.65. The molecular formula is C12H17NO. The summed E-state index contributed by atoms with van der Waals surface area (Å²) in [4.78, 5) is 4.09. The average Bonchev–Trinajstić information content (AvgIpc) is 2.63. The molecule has 1 heterocycles. The highest BCUT2D eigenvalue weighted by molar-refractivity contribution is 5.08. The van der Waals surface area contributed by atoms with E-state index in [1.165, 1.54) is 18.4 Å². The van der Waals surface area contributed by atoms with Crippen molar-refractivity contribution in [3.05, 3.63) is 30.1 Å². The van der Waals surface area contributed by atoms with Crippen LogP contribution in [0.4, 0.5) is 0 Å². The number of nitrogens with zero attached hydrogens (tertiary/aromatic N) is 1. The normalized spacial score (nSPS) is 26.6. The van der Waals surface area contributed by atoms with E-state index in [4.69, 9.17) is 0 Å². The number of aliphatic hydroxyl groups is 1. The van der Waals surface area contributed by atoms with Gasteiger partial charge in [-0.2, -0.15) is 0 Å². The van der Waals surface area contributed by atoms with Crippen LogP contribution in [0.5, 0.6) is 0 Å². The topological polar surface area (TPSA) is 33.1 Å². The van der Waals surface area contributed by atoms with Gasteiger partial charge in [0, 0.05) is 12.4 Å². The van der Waals surface area contributed by atoms with Crippen molar-refractivity contribution in [3.63, 3.8) is 0 Å². The molecule has 76 valence electrons. The van der Waals surface area contributed by atoms with Gasteiger partial charge < -0.3 is 5.11 Å². The largest absolute Gasteiger partial charge is 0.393 e. The Morgan fingerprint density at radius 1 is 1.43 bits per heavy atom. The van der Waals surface area contributed by atoms with Gasteiger partial charge >= 0.3 is 0 Å². The van der Waals surface area contributed by atoms with Gasteiger partial charge in [0.25, 0.3) is 0 Å². The highest BCUT2D eigenvalue weighted by Gasteiger charge is 2.24. The fourth-order valence-electron chi connectivity index (χ4n) is 2.25. The lowest BCUT2D eigenvalue weighted by molar-refractivity contribution is 0.128. The van der Waals surface area contributed by atoms with Crippen molar-refractivity contribution in [1.82, 2.24) is 4.98 Å². The van der Waals surface area contributed by atoms with Crippen LogP contribution in [0.1, 0.15) is 31.2 Å². The molecule has 1 aliphatic carbocycles. The number of aliphatic hydroxyl groups excluding tert-OH is 1. The fourth-order valence-corrected chi connectivity index (χ4v) is 2.25. The number of aryl methyl sites for hydroxylation is 1. The summed E-state index contributed by atoms with van der Waals surface area (Å²) in [5.74, 6) is 0.523. The Hall–Kier alpha value is -0.890. The van der Waals surface area contributed by atoms with Crippen LogP contribution in [-0.4, -0.2) is 16.2 Å². The van der Waals surface area contributed by atoms with E-state index in [1.807, 2.05) is 12.3 Å². The van der Waals surface area contributed by atoms with Crippen molar-refractivity contribution in [1.29, 1.82) is 0 Å². The molecule has 0 bridgehead atoms. The Balaban J connectivity index is 1.82. The summed E-state index contributed by atoms with van der Waals surface area (Å²) in [7, 11) is 0. The van der Waals surface area contributed by atoms with Gasteiger partial charge in [0.1, 0.15) is 0 Å². The van der Waals surface area contributed by atoms with Gasteiger partial charge in [-0.3, -0.25) is 4.98 Å². The molecule has 1 aliphatic rings. The third-order valence-corrected chi connectivity index (χ3v) is 3.15. The van der Waals surface area contributed by atoms with Crippen molar-refractivity contribution < 1.29 is 5.11 Å². The van der Waals surface area contributed by atoms with Gasteiger partial charge in [-0.05, 0) is 43.2 Å². The van der Waals surface area contributed by atoms with Gasteiger partial charge in [0.2, 0.25) is 0 Å². The van der Waals surface area contributed by atoms with Crippen LogP contribution in [-0.2, 0) is 6.42 Å². The van der Waals surface area contributed by atoms with Crippen molar-refractivity contribution in [3.8, 4) is 0 Å². The molecule has 2 unspecified atom stereocenters. The Labute approximate surface area is 85.0 Å². The number of pyridine rings is 1. The van der Waals surface area contributed by atoms with Crippen molar-refractivity contribution in [2.45, 2.75) is 38.2 Å². The van der Waals surface area contributed by atoms with Crippen LogP contribution < -0.4 is 0 Å². The van der Waals surface area contributed by atoms with E-state index >= 15 is 0 Å². The predicted molar refractivity (Wildman–Crippen MR) is 55.9 cm³/mol. The van der Waals surface area contributed by atoms with Gasteiger partial charge in [0.15, 0.2) is 0 Å². The maximum atomic E-state index is 9.65. The lowest BCUT2D eigenvalue weighted by atomic mass is 9.97. The van der Waals surface area contributed by atoms with E-state index in [-0.39, 0.29) is 6.10 Å². The molecule has 1 N–H and O–H groups in total. The van der Waals surface area contributed by atoms with Crippen molar-refractivity contribution in [2.75, 3.05) is 0 Å². The Kier molecular flexibility index (Phi) is 3.14. The second-order valence-corrected chi connectivity index (χ2v) is 4.16. The van der Waals surface area contributed by atoms with Crippen LogP contribution in [0, 0.1) is 5.92 Å². The third kappa shape index (κ3) is 2.32. The third-order valence-electron chi connectivity index (χ3n) is 3.15. The molecule has 2 heteroatoms. The minimum atomic E-state index is -0.0494. The van der Waals surface area contributed by atoms with Crippen molar-refractivity contribution in [2.24, 2.45) is 5.92 Å². The molecule has 2 nitrogen and oxygen atoms in total. The van der Waals surface area contributed by atoms with E-state index in [2.05, 4.69) is 11.1 Å².